The van der Waals surface area contributed by atoms with Crippen LogP contribution in [0.4, 0.5) is 0 Å². The molecule has 0 unspecified atom stereocenters. The van der Waals surface area contributed by atoms with E-state index in [0.717, 1.165) is 38.8 Å². The van der Waals surface area contributed by atoms with E-state index in [2.05, 4.69) is 13.8 Å². The van der Waals surface area contributed by atoms with Crippen LogP contribution in [0.25, 0.3) is 0 Å². The summed E-state index contributed by atoms with van der Waals surface area (Å²) in [5, 5.41) is 8.49. The molecule has 6 nitrogen and oxygen atoms in total. The van der Waals surface area contributed by atoms with E-state index in [0.29, 0.717) is 12.8 Å². The van der Waals surface area contributed by atoms with Crippen LogP contribution in [0.15, 0.2) is 0 Å². The number of carboxylic acid groups (broad SMARTS) is 1. The number of unbranched alkanes of at least 4 members (excludes halogenated alkanes) is 3. The summed E-state index contributed by atoms with van der Waals surface area (Å²) in [4.78, 5) is 35.6. The predicted molar refractivity (Wildman–Crippen MR) is 83.5 cm³/mol. The molecular formula is C16H29NO5. The van der Waals surface area contributed by atoms with Gasteiger partial charge in [0.15, 0.2) is 0 Å². The van der Waals surface area contributed by atoms with E-state index in [1.54, 1.807) is 0 Å². The molecule has 0 bridgehead atoms. The summed E-state index contributed by atoms with van der Waals surface area (Å²) in [6.45, 7) is 5.99. The second-order valence-electron chi connectivity index (χ2n) is 5.43. The summed E-state index contributed by atoms with van der Waals surface area (Å²) in [6.07, 6.45) is 5.10. The first-order chi connectivity index (χ1) is 10.5. The molecule has 128 valence electrons. The molecule has 0 aliphatic carbocycles. The van der Waals surface area contributed by atoms with E-state index in [1.165, 1.54) is 0 Å². The van der Waals surface area contributed by atoms with E-state index < -0.39 is 17.9 Å². The van der Waals surface area contributed by atoms with Crippen LogP contribution in [0.3, 0.4) is 0 Å². The summed E-state index contributed by atoms with van der Waals surface area (Å²) in [7, 11) is 0. The van der Waals surface area contributed by atoms with Gasteiger partial charge in [-0.1, -0.05) is 26.7 Å². The maximum absolute atomic E-state index is 11.8. The fourth-order valence-electron chi connectivity index (χ4n) is 1.97. The third kappa shape index (κ3) is 12.3. The summed E-state index contributed by atoms with van der Waals surface area (Å²) >= 11 is 0. The lowest BCUT2D eigenvalue weighted by atomic mass is 10.2. The molecule has 0 radical (unpaired) electrons. The molecule has 6 heteroatoms. The van der Waals surface area contributed by atoms with Crippen molar-refractivity contribution in [1.82, 2.24) is 4.90 Å². The van der Waals surface area contributed by atoms with Gasteiger partial charge in [-0.3, -0.25) is 19.3 Å². The van der Waals surface area contributed by atoms with E-state index >= 15 is 0 Å². The number of ether oxygens (including phenoxy) is 1. The normalized spacial score (nSPS) is 10.7. The van der Waals surface area contributed by atoms with E-state index in [1.807, 2.05) is 4.90 Å². The Kier molecular flexibility index (Phi) is 12.4. The lowest BCUT2D eigenvalue weighted by Gasteiger charge is -2.20. The van der Waals surface area contributed by atoms with Crippen molar-refractivity contribution in [2.45, 2.75) is 65.2 Å². The van der Waals surface area contributed by atoms with Crippen molar-refractivity contribution < 1.29 is 24.2 Å². The zero-order chi connectivity index (χ0) is 16.8. The van der Waals surface area contributed by atoms with Crippen LogP contribution in [-0.4, -0.2) is 47.5 Å². The Hall–Kier alpha value is -1.43. The van der Waals surface area contributed by atoms with Crippen molar-refractivity contribution in [1.29, 1.82) is 0 Å². The molecule has 0 aliphatic rings. The fraction of sp³-hybridized carbons (Fsp3) is 0.812. The number of aliphatic carboxylic acids is 1. The van der Waals surface area contributed by atoms with Gasteiger partial charge in [0.2, 0.25) is 0 Å². The van der Waals surface area contributed by atoms with Crippen LogP contribution in [0.5, 0.6) is 0 Å². The molecule has 0 amide bonds. The molecule has 0 saturated heterocycles. The van der Waals surface area contributed by atoms with Gasteiger partial charge in [0.1, 0.15) is 0 Å². The smallest absolute Gasteiger partial charge is 0.327 e. The highest BCUT2D eigenvalue weighted by atomic mass is 16.6. The first-order valence-electron chi connectivity index (χ1n) is 8.17. The third-order valence-corrected chi connectivity index (χ3v) is 3.26. The molecule has 0 aliphatic heterocycles. The molecule has 0 aromatic rings. The average molecular weight is 315 g/mol. The zero-order valence-electron chi connectivity index (χ0n) is 13.8. The first-order valence-corrected chi connectivity index (χ1v) is 8.17. The summed E-state index contributed by atoms with van der Waals surface area (Å²) in [5.74, 6) is -1.97. The minimum Gasteiger partial charge on any atom is -0.481 e. The molecule has 0 atom stereocenters. The van der Waals surface area contributed by atoms with Crippen LogP contribution in [0, 0.1) is 0 Å². The standard InChI is InChI=1S/C16H29NO5/c1-3-5-11-17(12-6-4-2)13-16(21)22-15(20)10-8-7-9-14(18)19/h3-13H2,1-2H3,(H,18,19). The topological polar surface area (TPSA) is 83.9 Å². The van der Waals surface area contributed by atoms with Gasteiger partial charge in [0.05, 0.1) is 6.54 Å². The number of hydrogen-bond acceptors (Lipinski definition) is 5. The number of hydrogen-bond donors (Lipinski definition) is 1. The Morgan fingerprint density at radius 2 is 1.41 bits per heavy atom. The lowest BCUT2D eigenvalue weighted by Crippen LogP contribution is -2.33. The van der Waals surface area contributed by atoms with E-state index in [9.17, 15) is 14.4 Å². The van der Waals surface area contributed by atoms with Gasteiger partial charge in [0, 0.05) is 12.8 Å². The number of nitrogens with zero attached hydrogens (tertiary/aromatic N) is 1. The minimum atomic E-state index is -0.882. The molecular weight excluding hydrogens is 286 g/mol. The molecule has 0 spiro atoms. The Morgan fingerprint density at radius 1 is 0.864 bits per heavy atom. The van der Waals surface area contributed by atoms with Gasteiger partial charge < -0.3 is 9.84 Å². The Morgan fingerprint density at radius 3 is 1.91 bits per heavy atom. The molecule has 1 N–H and O–H groups in total. The molecule has 0 aromatic carbocycles. The monoisotopic (exact) mass is 315 g/mol. The van der Waals surface area contributed by atoms with E-state index in [4.69, 9.17) is 9.84 Å². The van der Waals surface area contributed by atoms with Crippen molar-refractivity contribution >= 4 is 17.9 Å². The second-order valence-corrected chi connectivity index (χ2v) is 5.43. The third-order valence-electron chi connectivity index (χ3n) is 3.26. The van der Waals surface area contributed by atoms with Crippen LogP contribution < -0.4 is 0 Å². The maximum atomic E-state index is 11.8. The maximum Gasteiger partial charge on any atom is 0.327 e. The SMILES string of the molecule is CCCCN(CCCC)CC(=O)OC(=O)CCCCC(=O)O. The average Bonchev–Trinajstić information content (AvgIpc) is 2.46. The molecule has 0 rings (SSSR count). The Labute approximate surface area is 132 Å². The predicted octanol–water partition coefficient (Wildman–Crippen LogP) is 2.60. The van der Waals surface area contributed by atoms with Gasteiger partial charge in [-0.05, 0) is 38.8 Å². The van der Waals surface area contributed by atoms with Crippen molar-refractivity contribution in [2.75, 3.05) is 19.6 Å². The number of carboxylic acids is 1. The highest BCUT2D eigenvalue weighted by Crippen LogP contribution is 2.03. The van der Waals surface area contributed by atoms with E-state index in [-0.39, 0.29) is 19.4 Å². The quantitative estimate of drug-likeness (QED) is 0.319. The number of esters is 2. The molecule has 0 aromatic heterocycles. The number of carbonyl (C=O) groups is 3. The number of carbonyl (C=O) groups excluding carboxylic acids is 2. The lowest BCUT2D eigenvalue weighted by molar-refractivity contribution is -0.160. The Bertz CT molecular complexity index is 335. The first kappa shape index (κ1) is 20.6. The summed E-state index contributed by atoms with van der Waals surface area (Å²) < 4.78 is 4.78. The summed E-state index contributed by atoms with van der Waals surface area (Å²) in [6, 6.07) is 0. The zero-order valence-corrected chi connectivity index (χ0v) is 13.8. The minimum absolute atomic E-state index is 0.0308. The fourth-order valence-corrected chi connectivity index (χ4v) is 1.97. The largest absolute Gasteiger partial charge is 0.481 e. The highest BCUT2D eigenvalue weighted by Gasteiger charge is 2.15. The van der Waals surface area contributed by atoms with Gasteiger partial charge >= 0.3 is 17.9 Å². The van der Waals surface area contributed by atoms with Crippen molar-refractivity contribution in [3.8, 4) is 0 Å². The molecule has 0 saturated carbocycles. The van der Waals surface area contributed by atoms with Crippen molar-refractivity contribution in [2.24, 2.45) is 0 Å². The molecule has 0 fully saturated rings. The second kappa shape index (κ2) is 13.2. The van der Waals surface area contributed by atoms with Crippen LogP contribution in [0.1, 0.15) is 65.2 Å². The summed E-state index contributed by atoms with van der Waals surface area (Å²) in [5.41, 5.74) is 0. The van der Waals surface area contributed by atoms with Gasteiger partial charge in [-0.25, -0.2) is 0 Å². The van der Waals surface area contributed by atoms with Crippen LogP contribution >= 0.6 is 0 Å². The highest BCUT2D eigenvalue weighted by molar-refractivity contribution is 5.86. The molecule has 0 heterocycles. The Balaban J connectivity index is 3.99. The van der Waals surface area contributed by atoms with Gasteiger partial charge in [0.25, 0.3) is 0 Å². The van der Waals surface area contributed by atoms with Crippen LogP contribution in [0.2, 0.25) is 0 Å². The number of rotatable bonds is 13. The molecule has 22 heavy (non-hydrogen) atoms. The van der Waals surface area contributed by atoms with Crippen molar-refractivity contribution in [3.05, 3.63) is 0 Å². The van der Waals surface area contributed by atoms with Crippen molar-refractivity contribution in [3.63, 3.8) is 0 Å². The van der Waals surface area contributed by atoms with Gasteiger partial charge in [-0.2, -0.15) is 0 Å². The van der Waals surface area contributed by atoms with Crippen LogP contribution in [-0.2, 0) is 19.1 Å². The van der Waals surface area contributed by atoms with Gasteiger partial charge in [-0.15, -0.1) is 0 Å².